The normalized spacial score (nSPS) is 10.8. The molecule has 28 heavy (non-hydrogen) atoms. The summed E-state index contributed by atoms with van der Waals surface area (Å²) in [6.07, 6.45) is 3.82. The lowest BCUT2D eigenvalue weighted by atomic mass is 10.1. The Morgan fingerprint density at radius 3 is 2.71 bits per heavy atom. The molecule has 4 rings (SSSR count). The SMILES string of the molecule is CCc1c(C(=O)Nc2cccc(-c3ccn[nH]3)c2)cnn1-c1ccc(F)cc1. The quantitative estimate of drug-likeness (QED) is 0.548. The number of rotatable bonds is 5. The molecule has 0 unspecified atom stereocenters. The molecule has 140 valence electrons. The number of carbonyl (C=O) groups excluding carboxylic acids is 1. The van der Waals surface area contributed by atoms with Crippen LogP contribution in [0.15, 0.2) is 67.0 Å². The Labute approximate surface area is 161 Å². The van der Waals surface area contributed by atoms with Crippen LogP contribution in [0.1, 0.15) is 23.0 Å². The van der Waals surface area contributed by atoms with Crippen molar-refractivity contribution in [3.05, 3.63) is 84.1 Å². The lowest BCUT2D eigenvalue weighted by molar-refractivity contribution is 0.102. The highest BCUT2D eigenvalue weighted by Crippen LogP contribution is 2.22. The predicted molar refractivity (Wildman–Crippen MR) is 105 cm³/mol. The standard InChI is InChI=1S/C21H18FN5O/c1-2-20-18(13-24-27(20)17-8-6-15(22)7-9-17)21(28)25-16-5-3-4-14(12-16)19-10-11-23-26-19/h3-13H,2H2,1H3,(H,23,26)(H,25,28). The highest BCUT2D eigenvalue weighted by atomic mass is 19.1. The van der Waals surface area contributed by atoms with Crippen molar-refractivity contribution < 1.29 is 9.18 Å². The van der Waals surface area contributed by atoms with Gasteiger partial charge < -0.3 is 5.32 Å². The van der Waals surface area contributed by atoms with Gasteiger partial charge in [-0.05, 0) is 48.9 Å². The van der Waals surface area contributed by atoms with Crippen molar-refractivity contribution in [1.29, 1.82) is 0 Å². The number of aromatic amines is 1. The van der Waals surface area contributed by atoms with Crippen molar-refractivity contribution in [2.75, 3.05) is 5.32 Å². The van der Waals surface area contributed by atoms with Crippen molar-refractivity contribution in [3.63, 3.8) is 0 Å². The summed E-state index contributed by atoms with van der Waals surface area (Å²) >= 11 is 0. The molecule has 0 fully saturated rings. The predicted octanol–water partition coefficient (Wildman–Crippen LogP) is 4.22. The third-order valence-electron chi connectivity index (χ3n) is 4.45. The molecule has 0 radical (unpaired) electrons. The second-order valence-electron chi connectivity index (χ2n) is 6.25. The molecule has 6 nitrogen and oxygen atoms in total. The number of hydrogen-bond donors (Lipinski definition) is 2. The second-order valence-corrected chi connectivity index (χ2v) is 6.25. The average Bonchev–Trinajstić information content (AvgIpc) is 3.38. The van der Waals surface area contributed by atoms with Gasteiger partial charge in [0.2, 0.25) is 0 Å². The van der Waals surface area contributed by atoms with Gasteiger partial charge in [-0.3, -0.25) is 9.89 Å². The van der Waals surface area contributed by atoms with Gasteiger partial charge in [-0.1, -0.05) is 19.1 Å². The first-order valence-corrected chi connectivity index (χ1v) is 8.89. The fraction of sp³-hybridized carbons (Fsp3) is 0.0952. The van der Waals surface area contributed by atoms with Gasteiger partial charge in [0, 0.05) is 17.4 Å². The largest absolute Gasteiger partial charge is 0.322 e. The lowest BCUT2D eigenvalue weighted by Crippen LogP contribution is -2.14. The van der Waals surface area contributed by atoms with E-state index in [4.69, 9.17) is 0 Å². The van der Waals surface area contributed by atoms with Gasteiger partial charge in [0.25, 0.3) is 5.91 Å². The summed E-state index contributed by atoms with van der Waals surface area (Å²) in [5.41, 5.74) is 4.42. The van der Waals surface area contributed by atoms with E-state index in [2.05, 4.69) is 20.6 Å². The van der Waals surface area contributed by atoms with Crippen LogP contribution in [0.3, 0.4) is 0 Å². The van der Waals surface area contributed by atoms with Crippen LogP contribution < -0.4 is 5.32 Å². The van der Waals surface area contributed by atoms with Gasteiger partial charge in [-0.25, -0.2) is 9.07 Å². The molecule has 0 saturated carbocycles. The number of aromatic nitrogens is 4. The van der Waals surface area contributed by atoms with Crippen LogP contribution in [-0.2, 0) is 6.42 Å². The van der Waals surface area contributed by atoms with Crippen LogP contribution in [0.4, 0.5) is 10.1 Å². The number of carbonyl (C=O) groups is 1. The van der Waals surface area contributed by atoms with E-state index in [0.29, 0.717) is 23.4 Å². The zero-order valence-electron chi connectivity index (χ0n) is 15.2. The molecule has 2 aromatic heterocycles. The summed E-state index contributed by atoms with van der Waals surface area (Å²) < 4.78 is 14.9. The number of nitrogens with zero attached hydrogens (tertiary/aromatic N) is 3. The number of H-pyrrole nitrogens is 1. The minimum Gasteiger partial charge on any atom is -0.322 e. The van der Waals surface area contributed by atoms with E-state index in [9.17, 15) is 9.18 Å². The molecule has 7 heteroatoms. The molecule has 0 aliphatic heterocycles. The van der Waals surface area contributed by atoms with Gasteiger partial charge in [0.05, 0.1) is 28.8 Å². The molecule has 0 saturated heterocycles. The zero-order valence-corrected chi connectivity index (χ0v) is 15.2. The van der Waals surface area contributed by atoms with Crippen molar-refractivity contribution in [1.82, 2.24) is 20.0 Å². The van der Waals surface area contributed by atoms with E-state index in [1.165, 1.54) is 18.3 Å². The summed E-state index contributed by atoms with van der Waals surface area (Å²) in [6.45, 7) is 1.95. The Bertz CT molecular complexity index is 1100. The van der Waals surface area contributed by atoms with E-state index in [0.717, 1.165) is 17.0 Å². The van der Waals surface area contributed by atoms with Gasteiger partial charge in [-0.2, -0.15) is 10.2 Å². The van der Waals surface area contributed by atoms with E-state index in [-0.39, 0.29) is 11.7 Å². The smallest absolute Gasteiger partial charge is 0.259 e. The Hall–Kier alpha value is -3.74. The molecule has 0 bridgehead atoms. The van der Waals surface area contributed by atoms with E-state index >= 15 is 0 Å². The van der Waals surface area contributed by atoms with Crippen molar-refractivity contribution in [2.45, 2.75) is 13.3 Å². The number of nitrogens with one attached hydrogen (secondary N) is 2. The third-order valence-corrected chi connectivity index (χ3v) is 4.45. The molecule has 2 heterocycles. The maximum Gasteiger partial charge on any atom is 0.259 e. The molecule has 1 amide bonds. The molecule has 0 aliphatic rings. The molecule has 0 spiro atoms. The fourth-order valence-electron chi connectivity index (χ4n) is 3.09. The Morgan fingerprint density at radius 2 is 2.00 bits per heavy atom. The maximum atomic E-state index is 13.2. The molecular formula is C21H18FN5O. The Morgan fingerprint density at radius 1 is 1.18 bits per heavy atom. The number of amides is 1. The van der Waals surface area contributed by atoms with Crippen molar-refractivity contribution in [3.8, 4) is 16.9 Å². The summed E-state index contributed by atoms with van der Waals surface area (Å²) in [4.78, 5) is 12.8. The Balaban J connectivity index is 1.61. The minimum absolute atomic E-state index is 0.244. The van der Waals surface area contributed by atoms with Crippen LogP contribution in [0.25, 0.3) is 16.9 Å². The second kappa shape index (κ2) is 7.48. The monoisotopic (exact) mass is 375 g/mol. The first kappa shape index (κ1) is 17.7. The zero-order chi connectivity index (χ0) is 19.5. The van der Waals surface area contributed by atoms with E-state index in [1.807, 2.05) is 37.3 Å². The van der Waals surface area contributed by atoms with Crippen LogP contribution in [-0.4, -0.2) is 25.9 Å². The van der Waals surface area contributed by atoms with Gasteiger partial charge in [0.15, 0.2) is 0 Å². The first-order chi connectivity index (χ1) is 13.7. The Kier molecular flexibility index (Phi) is 4.72. The maximum absolute atomic E-state index is 13.2. The molecule has 2 N–H and O–H groups in total. The summed E-state index contributed by atoms with van der Waals surface area (Å²) in [6, 6.07) is 15.4. The fourth-order valence-corrected chi connectivity index (χ4v) is 3.09. The third kappa shape index (κ3) is 3.42. The molecule has 0 aliphatic carbocycles. The number of hydrogen-bond acceptors (Lipinski definition) is 3. The van der Waals surface area contributed by atoms with Crippen LogP contribution >= 0.6 is 0 Å². The van der Waals surface area contributed by atoms with Crippen molar-refractivity contribution in [2.24, 2.45) is 0 Å². The number of halogens is 1. The molecule has 2 aromatic carbocycles. The molecule has 0 atom stereocenters. The minimum atomic E-state index is -0.316. The van der Waals surface area contributed by atoms with Crippen LogP contribution in [0, 0.1) is 5.82 Å². The average molecular weight is 375 g/mol. The highest BCUT2D eigenvalue weighted by molar-refractivity contribution is 6.05. The highest BCUT2D eigenvalue weighted by Gasteiger charge is 2.17. The van der Waals surface area contributed by atoms with Gasteiger partial charge in [0.1, 0.15) is 5.82 Å². The van der Waals surface area contributed by atoms with Crippen LogP contribution in [0.5, 0.6) is 0 Å². The van der Waals surface area contributed by atoms with E-state index in [1.54, 1.807) is 23.0 Å². The van der Waals surface area contributed by atoms with Crippen LogP contribution in [0.2, 0.25) is 0 Å². The summed E-state index contributed by atoms with van der Waals surface area (Å²) in [7, 11) is 0. The lowest BCUT2D eigenvalue weighted by Gasteiger charge is -2.09. The van der Waals surface area contributed by atoms with Crippen molar-refractivity contribution >= 4 is 11.6 Å². The molecule has 4 aromatic rings. The summed E-state index contributed by atoms with van der Waals surface area (Å²) in [5, 5.41) is 14.1. The summed E-state index contributed by atoms with van der Waals surface area (Å²) in [5.74, 6) is -0.559. The number of benzene rings is 2. The topological polar surface area (TPSA) is 75.6 Å². The van der Waals surface area contributed by atoms with E-state index < -0.39 is 0 Å². The van der Waals surface area contributed by atoms with Gasteiger partial charge in [-0.15, -0.1) is 0 Å². The van der Waals surface area contributed by atoms with Gasteiger partial charge >= 0.3 is 0 Å². The number of anilines is 1. The first-order valence-electron chi connectivity index (χ1n) is 8.89. The molecular weight excluding hydrogens is 357 g/mol.